The van der Waals surface area contributed by atoms with E-state index >= 15 is 0 Å². The number of alkyl halides is 1. The molecule has 0 radical (unpaired) electrons. The summed E-state index contributed by atoms with van der Waals surface area (Å²) in [4.78, 5) is 23.9. The molecule has 0 fully saturated rings. The van der Waals surface area contributed by atoms with Gasteiger partial charge in [-0.1, -0.05) is 71.3 Å². The van der Waals surface area contributed by atoms with E-state index in [9.17, 15) is 9.59 Å². The Labute approximate surface area is 167 Å². The number of allylic oxidation sites excluding steroid dienone is 2. The zero-order valence-corrected chi connectivity index (χ0v) is 16.0. The summed E-state index contributed by atoms with van der Waals surface area (Å²) in [6, 6.07) is 15.3. The zero-order chi connectivity index (χ0) is 19.4. The number of benzene rings is 2. The molecule has 0 aromatic heterocycles. The number of carbonyl (C=O) groups is 2. The van der Waals surface area contributed by atoms with Crippen LogP contribution in [0, 0.1) is 5.92 Å². The fourth-order valence-electron chi connectivity index (χ4n) is 2.78. The molecule has 1 aliphatic carbocycles. The van der Waals surface area contributed by atoms with Crippen molar-refractivity contribution in [3.8, 4) is 5.75 Å². The van der Waals surface area contributed by atoms with Gasteiger partial charge >= 0.3 is 5.97 Å². The van der Waals surface area contributed by atoms with Gasteiger partial charge in [0.1, 0.15) is 11.7 Å². The molecule has 3 rings (SSSR count). The maximum atomic E-state index is 12.7. The van der Waals surface area contributed by atoms with Gasteiger partial charge in [0.15, 0.2) is 5.00 Å². The van der Waals surface area contributed by atoms with Gasteiger partial charge in [-0.3, -0.25) is 9.59 Å². The number of para-hydroxylation sites is 1. The number of nitrogens with one attached hydrogen (secondary N) is 1. The van der Waals surface area contributed by atoms with Crippen LogP contribution in [0.25, 0.3) is 0 Å². The van der Waals surface area contributed by atoms with Crippen molar-refractivity contribution in [3.63, 3.8) is 0 Å². The molecule has 1 amide bonds. The van der Waals surface area contributed by atoms with Crippen LogP contribution in [0.3, 0.4) is 0 Å². The lowest BCUT2D eigenvalue weighted by molar-refractivity contribution is -0.138. The van der Waals surface area contributed by atoms with E-state index < -0.39 is 22.8 Å². The second-order valence-corrected chi connectivity index (χ2v) is 7.19. The number of hydrogen-bond donors (Lipinski definition) is 1. The van der Waals surface area contributed by atoms with Crippen molar-refractivity contribution in [2.75, 3.05) is 0 Å². The van der Waals surface area contributed by atoms with Gasteiger partial charge in [-0.15, -0.1) is 0 Å². The Morgan fingerprint density at radius 2 is 1.74 bits per heavy atom. The first kappa shape index (κ1) is 19.2. The smallest absolute Gasteiger partial charge is 0.322 e. The highest BCUT2D eigenvalue weighted by atomic mass is 35.5. The van der Waals surface area contributed by atoms with Crippen LogP contribution < -0.4 is 10.1 Å². The second-order valence-electron chi connectivity index (χ2n) is 6.16. The van der Waals surface area contributed by atoms with Gasteiger partial charge in [-0.2, -0.15) is 0 Å². The van der Waals surface area contributed by atoms with Gasteiger partial charge in [0.2, 0.25) is 0 Å². The van der Waals surface area contributed by atoms with E-state index in [0.29, 0.717) is 10.8 Å². The number of ether oxygens (including phenoxy) is 1. The Morgan fingerprint density at radius 3 is 2.44 bits per heavy atom. The number of halogens is 2. The molecule has 0 saturated carbocycles. The Kier molecular flexibility index (Phi) is 5.68. The van der Waals surface area contributed by atoms with Crippen LogP contribution in [0.1, 0.15) is 17.3 Å². The van der Waals surface area contributed by atoms with E-state index in [4.69, 9.17) is 27.9 Å². The summed E-state index contributed by atoms with van der Waals surface area (Å²) in [7, 11) is 0. The Balaban J connectivity index is 1.85. The van der Waals surface area contributed by atoms with E-state index in [1.807, 2.05) is 13.0 Å². The van der Waals surface area contributed by atoms with E-state index in [1.165, 1.54) is 0 Å². The number of rotatable bonds is 4. The summed E-state index contributed by atoms with van der Waals surface area (Å²) in [5.41, 5.74) is 1.09. The van der Waals surface area contributed by atoms with Crippen LogP contribution in [0.5, 0.6) is 5.75 Å². The minimum absolute atomic E-state index is 0.273. The first-order valence-electron chi connectivity index (χ1n) is 8.29. The van der Waals surface area contributed by atoms with Crippen molar-refractivity contribution < 1.29 is 14.3 Å². The molecule has 1 N–H and O–H groups in total. The first-order chi connectivity index (χ1) is 12.9. The van der Waals surface area contributed by atoms with Crippen molar-refractivity contribution >= 4 is 35.1 Å². The maximum Gasteiger partial charge on any atom is 0.322 e. The van der Waals surface area contributed by atoms with Crippen LogP contribution in [0.2, 0.25) is 5.02 Å². The van der Waals surface area contributed by atoms with E-state index in [1.54, 1.807) is 66.8 Å². The maximum absolute atomic E-state index is 12.7. The molecule has 2 atom stereocenters. The molecule has 0 aliphatic heterocycles. The lowest BCUT2D eigenvalue weighted by Gasteiger charge is -2.33. The SMILES string of the molecule is CC1=CC(Cl)(NC(=O)c2ccccc2Cl)C(C(=O)Oc2ccccc2)C=C1. The Morgan fingerprint density at radius 1 is 1.07 bits per heavy atom. The monoisotopic (exact) mass is 401 g/mol. The minimum atomic E-state index is -1.47. The fraction of sp³-hybridized carbons (Fsp3) is 0.143. The molecule has 138 valence electrons. The minimum Gasteiger partial charge on any atom is -0.426 e. The molecule has 0 heterocycles. The summed E-state index contributed by atoms with van der Waals surface area (Å²) in [5.74, 6) is -1.56. The molecule has 6 heteroatoms. The molecule has 2 unspecified atom stereocenters. The van der Waals surface area contributed by atoms with Crippen molar-refractivity contribution in [2.45, 2.75) is 11.9 Å². The predicted octanol–water partition coefficient (Wildman–Crippen LogP) is 4.74. The average molecular weight is 402 g/mol. The molecule has 0 saturated heterocycles. The van der Waals surface area contributed by atoms with E-state index in [2.05, 4.69) is 5.32 Å². The fourth-order valence-corrected chi connectivity index (χ4v) is 3.42. The molecular weight excluding hydrogens is 385 g/mol. The van der Waals surface area contributed by atoms with Crippen molar-refractivity contribution in [1.82, 2.24) is 5.32 Å². The molecule has 4 nitrogen and oxygen atoms in total. The van der Waals surface area contributed by atoms with Gasteiger partial charge < -0.3 is 10.1 Å². The van der Waals surface area contributed by atoms with Crippen molar-refractivity contribution in [3.05, 3.63) is 89.0 Å². The third-order valence-corrected chi connectivity index (χ3v) is 4.85. The molecule has 27 heavy (non-hydrogen) atoms. The van der Waals surface area contributed by atoms with E-state index in [-0.39, 0.29) is 5.56 Å². The average Bonchev–Trinajstić information content (AvgIpc) is 2.62. The standard InChI is InChI=1S/C21H17Cl2NO3/c1-14-11-12-17(20(26)27-15-7-3-2-4-8-15)21(23,13-14)24-19(25)16-9-5-6-10-18(16)22/h2-13,17H,1H3,(H,24,25). The largest absolute Gasteiger partial charge is 0.426 e. The van der Waals surface area contributed by atoms with Crippen molar-refractivity contribution in [2.24, 2.45) is 5.92 Å². The predicted molar refractivity (Wildman–Crippen MR) is 106 cm³/mol. The number of esters is 1. The second kappa shape index (κ2) is 7.99. The summed E-state index contributed by atoms with van der Waals surface area (Å²) >= 11 is 12.8. The highest BCUT2D eigenvalue weighted by molar-refractivity contribution is 6.34. The molecule has 2 aromatic carbocycles. The normalized spacial score (nSPS) is 21.3. The van der Waals surface area contributed by atoms with Gasteiger partial charge in [-0.05, 0) is 37.3 Å². The molecule has 0 spiro atoms. The quantitative estimate of drug-likeness (QED) is 0.348. The molecule has 2 aromatic rings. The number of hydrogen-bond acceptors (Lipinski definition) is 3. The number of carbonyl (C=O) groups excluding carboxylic acids is 2. The molecule has 1 aliphatic rings. The summed E-state index contributed by atoms with van der Waals surface area (Å²) in [6.45, 7) is 1.83. The van der Waals surface area contributed by atoms with Crippen LogP contribution in [-0.4, -0.2) is 16.9 Å². The van der Waals surface area contributed by atoms with Gasteiger partial charge in [0.25, 0.3) is 5.91 Å². The van der Waals surface area contributed by atoms with Crippen LogP contribution in [0.4, 0.5) is 0 Å². The first-order valence-corrected chi connectivity index (χ1v) is 9.05. The summed E-state index contributed by atoms with van der Waals surface area (Å²) in [5, 5.41) is 3.01. The van der Waals surface area contributed by atoms with E-state index in [0.717, 1.165) is 5.57 Å². The number of amides is 1. The topological polar surface area (TPSA) is 55.4 Å². The lowest BCUT2D eigenvalue weighted by Crippen LogP contribution is -2.52. The summed E-state index contributed by atoms with van der Waals surface area (Å²) < 4.78 is 5.41. The molecular formula is C21H17Cl2NO3. The zero-order valence-electron chi connectivity index (χ0n) is 14.5. The van der Waals surface area contributed by atoms with Gasteiger partial charge in [0.05, 0.1) is 10.6 Å². The van der Waals surface area contributed by atoms with Gasteiger partial charge in [0, 0.05) is 0 Å². The summed E-state index contributed by atoms with van der Waals surface area (Å²) in [6.07, 6.45) is 5.01. The Hall–Kier alpha value is -2.56. The third-order valence-electron chi connectivity index (χ3n) is 4.08. The van der Waals surface area contributed by atoms with Crippen molar-refractivity contribution in [1.29, 1.82) is 0 Å². The lowest BCUT2D eigenvalue weighted by atomic mass is 9.91. The van der Waals surface area contributed by atoms with Crippen LogP contribution in [-0.2, 0) is 4.79 Å². The molecule has 0 bridgehead atoms. The highest BCUT2D eigenvalue weighted by Gasteiger charge is 2.43. The highest BCUT2D eigenvalue weighted by Crippen LogP contribution is 2.33. The van der Waals surface area contributed by atoms with Gasteiger partial charge in [-0.25, -0.2) is 0 Å². The van der Waals surface area contributed by atoms with Crippen LogP contribution in [0.15, 0.2) is 78.4 Å². The third kappa shape index (κ3) is 4.41. The van der Waals surface area contributed by atoms with Crippen LogP contribution >= 0.6 is 23.2 Å². The Bertz CT molecular complexity index is 924.